The Morgan fingerprint density at radius 2 is 1.97 bits per heavy atom. The van der Waals surface area contributed by atoms with Crippen molar-refractivity contribution < 1.29 is 9.53 Å². The van der Waals surface area contributed by atoms with Crippen molar-refractivity contribution >= 4 is 5.91 Å². The van der Waals surface area contributed by atoms with E-state index < -0.39 is 0 Å². The molecule has 4 rings (SSSR count). The van der Waals surface area contributed by atoms with Crippen molar-refractivity contribution in [2.45, 2.75) is 19.9 Å². The van der Waals surface area contributed by atoms with Crippen LogP contribution in [0.1, 0.15) is 23.1 Å². The summed E-state index contributed by atoms with van der Waals surface area (Å²) in [5, 5.41) is 15.7. The molecule has 0 atom stereocenters. The van der Waals surface area contributed by atoms with E-state index in [9.17, 15) is 4.79 Å². The first-order chi connectivity index (χ1) is 15.2. The number of para-hydroxylation sites is 1. The third-order valence-corrected chi connectivity index (χ3v) is 4.99. The van der Waals surface area contributed by atoms with E-state index in [1.165, 1.54) is 0 Å². The number of hydrogen-bond donors (Lipinski definition) is 1. The molecule has 31 heavy (non-hydrogen) atoms. The second-order valence-corrected chi connectivity index (χ2v) is 6.94. The van der Waals surface area contributed by atoms with Gasteiger partial charge in [0.1, 0.15) is 23.6 Å². The molecule has 158 valence electrons. The predicted molar refractivity (Wildman–Crippen MR) is 117 cm³/mol. The van der Waals surface area contributed by atoms with Gasteiger partial charge in [-0.2, -0.15) is 5.10 Å². The third kappa shape index (κ3) is 4.48. The van der Waals surface area contributed by atoms with Crippen LogP contribution in [0.3, 0.4) is 0 Å². The van der Waals surface area contributed by atoms with Gasteiger partial charge in [0.25, 0.3) is 5.91 Å². The molecule has 0 aliphatic rings. The summed E-state index contributed by atoms with van der Waals surface area (Å²) in [6, 6.07) is 17.2. The average Bonchev–Trinajstić information content (AvgIpc) is 3.47. The maximum atomic E-state index is 13.1. The second kappa shape index (κ2) is 9.25. The van der Waals surface area contributed by atoms with E-state index in [-0.39, 0.29) is 5.91 Å². The van der Waals surface area contributed by atoms with Crippen LogP contribution in [-0.2, 0) is 13.0 Å². The Morgan fingerprint density at radius 1 is 1.13 bits per heavy atom. The van der Waals surface area contributed by atoms with Crippen LogP contribution in [-0.4, -0.2) is 44.1 Å². The van der Waals surface area contributed by atoms with Crippen LogP contribution in [0.4, 0.5) is 0 Å². The zero-order valence-corrected chi connectivity index (χ0v) is 17.5. The summed E-state index contributed by atoms with van der Waals surface area (Å²) in [7, 11) is 1.62. The van der Waals surface area contributed by atoms with Crippen molar-refractivity contribution in [1.82, 2.24) is 29.9 Å². The standard InChI is InChI=1S/C23H24N6O2/c1-3-28-16-25-26-21(28)12-13-24-23(30)20-15-29(18-9-5-4-6-10-18)27-22(20)17-8-7-11-19(14-17)31-2/h4-11,14-16H,3,12-13H2,1-2H3,(H,24,30). The zero-order chi connectivity index (χ0) is 21.6. The van der Waals surface area contributed by atoms with Gasteiger partial charge in [-0.1, -0.05) is 30.3 Å². The SMILES string of the molecule is CCn1cnnc1CCNC(=O)c1cn(-c2ccccc2)nc1-c1cccc(OC)c1. The van der Waals surface area contributed by atoms with Gasteiger partial charge in [0.15, 0.2) is 0 Å². The maximum Gasteiger partial charge on any atom is 0.255 e. The van der Waals surface area contributed by atoms with Crippen LogP contribution in [0, 0.1) is 0 Å². The number of nitrogens with one attached hydrogen (secondary N) is 1. The van der Waals surface area contributed by atoms with Gasteiger partial charge in [0.05, 0.1) is 18.4 Å². The lowest BCUT2D eigenvalue weighted by Gasteiger charge is -2.07. The van der Waals surface area contributed by atoms with E-state index in [1.54, 1.807) is 24.3 Å². The average molecular weight is 416 g/mol. The number of aromatic nitrogens is 5. The highest BCUT2D eigenvalue weighted by Crippen LogP contribution is 2.27. The summed E-state index contributed by atoms with van der Waals surface area (Å²) in [4.78, 5) is 13.1. The number of nitrogens with zero attached hydrogens (tertiary/aromatic N) is 5. The third-order valence-electron chi connectivity index (χ3n) is 4.99. The monoisotopic (exact) mass is 416 g/mol. The Kier molecular flexibility index (Phi) is 6.07. The van der Waals surface area contributed by atoms with Gasteiger partial charge in [0, 0.05) is 31.3 Å². The summed E-state index contributed by atoms with van der Waals surface area (Å²) in [5.41, 5.74) is 2.78. The summed E-state index contributed by atoms with van der Waals surface area (Å²) in [6.45, 7) is 3.27. The van der Waals surface area contributed by atoms with Gasteiger partial charge in [-0.05, 0) is 31.2 Å². The van der Waals surface area contributed by atoms with Crippen molar-refractivity contribution in [3.8, 4) is 22.7 Å². The first-order valence-electron chi connectivity index (χ1n) is 10.1. The van der Waals surface area contributed by atoms with Crippen molar-refractivity contribution in [1.29, 1.82) is 0 Å². The summed E-state index contributed by atoms with van der Waals surface area (Å²) >= 11 is 0. The number of carbonyl (C=O) groups excluding carboxylic acids is 1. The largest absolute Gasteiger partial charge is 0.497 e. The molecule has 4 aromatic rings. The lowest BCUT2D eigenvalue weighted by Crippen LogP contribution is -2.26. The summed E-state index contributed by atoms with van der Waals surface area (Å²) < 4.78 is 9.03. The molecule has 0 unspecified atom stereocenters. The smallest absolute Gasteiger partial charge is 0.255 e. The minimum Gasteiger partial charge on any atom is -0.497 e. The molecule has 0 bridgehead atoms. The van der Waals surface area contributed by atoms with Crippen molar-refractivity contribution in [2.75, 3.05) is 13.7 Å². The molecule has 0 aliphatic carbocycles. The Labute approximate surface area is 180 Å². The summed E-state index contributed by atoms with van der Waals surface area (Å²) in [5.74, 6) is 1.36. The molecule has 0 radical (unpaired) electrons. The number of benzene rings is 2. The van der Waals surface area contributed by atoms with Gasteiger partial charge in [-0.3, -0.25) is 4.79 Å². The second-order valence-electron chi connectivity index (χ2n) is 6.94. The molecular formula is C23H24N6O2. The topological polar surface area (TPSA) is 86.9 Å². The molecule has 1 amide bonds. The normalized spacial score (nSPS) is 10.8. The molecule has 2 aromatic carbocycles. The van der Waals surface area contributed by atoms with E-state index in [1.807, 2.05) is 66.1 Å². The van der Waals surface area contributed by atoms with Gasteiger partial charge >= 0.3 is 0 Å². The highest BCUT2D eigenvalue weighted by atomic mass is 16.5. The number of aryl methyl sites for hydroxylation is 1. The highest BCUT2D eigenvalue weighted by molar-refractivity contribution is 6.00. The number of hydrogen-bond acceptors (Lipinski definition) is 5. The van der Waals surface area contributed by atoms with E-state index in [0.717, 1.165) is 23.6 Å². The number of methoxy groups -OCH3 is 1. The fourth-order valence-corrected chi connectivity index (χ4v) is 3.36. The fourth-order valence-electron chi connectivity index (χ4n) is 3.36. The first kappa shape index (κ1) is 20.3. The maximum absolute atomic E-state index is 13.1. The van der Waals surface area contributed by atoms with E-state index in [2.05, 4.69) is 15.5 Å². The molecule has 0 fully saturated rings. The minimum atomic E-state index is -0.192. The highest BCUT2D eigenvalue weighted by Gasteiger charge is 2.19. The zero-order valence-electron chi connectivity index (χ0n) is 17.5. The molecule has 1 N–H and O–H groups in total. The lowest BCUT2D eigenvalue weighted by molar-refractivity contribution is 0.0954. The van der Waals surface area contributed by atoms with Crippen LogP contribution in [0.25, 0.3) is 16.9 Å². The molecule has 2 aromatic heterocycles. The minimum absolute atomic E-state index is 0.192. The van der Waals surface area contributed by atoms with Crippen LogP contribution in [0.2, 0.25) is 0 Å². The van der Waals surface area contributed by atoms with Crippen LogP contribution < -0.4 is 10.1 Å². The van der Waals surface area contributed by atoms with Crippen molar-refractivity contribution in [3.63, 3.8) is 0 Å². The fraction of sp³-hybridized carbons (Fsp3) is 0.217. The molecule has 0 saturated heterocycles. The Bertz CT molecular complexity index is 1170. The molecule has 0 spiro atoms. The van der Waals surface area contributed by atoms with Crippen molar-refractivity contribution in [2.24, 2.45) is 0 Å². The Hall–Kier alpha value is -3.94. The first-order valence-corrected chi connectivity index (χ1v) is 10.1. The number of carbonyl (C=O) groups is 1. The van der Waals surface area contributed by atoms with Crippen LogP contribution >= 0.6 is 0 Å². The molecule has 8 nitrogen and oxygen atoms in total. The van der Waals surface area contributed by atoms with Crippen LogP contribution in [0.15, 0.2) is 67.1 Å². The Balaban J connectivity index is 1.61. The predicted octanol–water partition coefficient (Wildman–Crippen LogP) is 3.13. The molecule has 2 heterocycles. The van der Waals surface area contributed by atoms with E-state index >= 15 is 0 Å². The van der Waals surface area contributed by atoms with Gasteiger partial charge in [0.2, 0.25) is 0 Å². The molecular weight excluding hydrogens is 392 g/mol. The van der Waals surface area contributed by atoms with E-state index in [0.29, 0.717) is 30.0 Å². The molecule has 8 heteroatoms. The molecule has 0 saturated carbocycles. The number of rotatable bonds is 8. The number of ether oxygens (including phenoxy) is 1. The van der Waals surface area contributed by atoms with Crippen LogP contribution in [0.5, 0.6) is 5.75 Å². The van der Waals surface area contributed by atoms with E-state index in [4.69, 9.17) is 9.84 Å². The quantitative estimate of drug-likeness (QED) is 0.477. The lowest BCUT2D eigenvalue weighted by atomic mass is 10.1. The number of amides is 1. The van der Waals surface area contributed by atoms with Gasteiger partial charge < -0.3 is 14.6 Å². The summed E-state index contributed by atoms with van der Waals surface area (Å²) in [6.07, 6.45) is 4.05. The Morgan fingerprint density at radius 3 is 2.74 bits per heavy atom. The van der Waals surface area contributed by atoms with Gasteiger partial charge in [-0.15, -0.1) is 10.2 Å². The molecule has 0 aliphatic heterocycles. The van der Waals surface area contributed by atoms with Gasteiger partial charge in [-0.25, -0.2) is 4.68 Å². The van der Waals surface area contributed by atoms with Crippen molar-refractivity contribution in [3.05, 3.63) is 78.5 Å².